The normalized spacial score (nSPS) is 12.6. The zero-order chi connectivity index (χ0) is 24.3. The topological polar surface area (TPSA) is 77.0 Å². The van der Waals surface area contributed by atoms with Gasteiger partial charge in [0.2, 0.25) is 5.91 Å². The Kier molecular flexibility index (Phi) is 6.09. The summed E-state index contributed by atoms with van der Waals surface area (Å²) in [6.07, 6.45) is 6.93. The molecule has 0 saturated heterocycles. The Morgan fingerprint density at radius 3 is 2.31 bits per heavy atom. The van der Waals surface area contributed by atoms with Crippen molar-refractivity contribution in [2.75, 3.05) is 10.7 Å². The summed E-state index contributed by atoms with van der Waals surface area (Å²) < 4.78 is 7.56. The van der Waals surface area contributed by atoms with Gasteiger partial charge in [0.25, 0.3) is 0 Å². The number of aryl methyl sites for hydroxylation is 2. The summed E-state index contributed by atoms with van der Waals surface area (Å²) >= 11 is 1.38. The molecule has 0 aliphatic carbocycles. The van der Waals surface area contributed by atoms with Gasteiger partial charge in [-0.15, -0.1) is 10.2 Å². The molecule has 1 aliphatic heterocycles. The minimum absolute atomic E-state index is 0.00252. The highest BCUT2D eigenvalue weighted by Gasteiger charge is 2.26. The van der Waals surface area contributed by atoms with Crippen LogP contribution in [0.2, 0.25) is 0 Å². The van der Waals surface area contributed by atoms with Crippen LogP contribution in [-0.4, -0.2) is 31.4 Å². The highest BCUT2D eigenvalue weighted by atomic mass is 32.2. The first-order chi connectivity index (χ1) is 17.8. The van der Waals surface area contributed by atoms with Crippen LogP contribution in [0, 0.1) is 0 Å². The highest BCUT2D eigenvalue weighted by molar-refractivity contribution is 7.99. The summed E-state index contributed by atoms with van der Waals surface area (Å²) in [5.41, 5.74) is 5.09. The number of nitrogens with zero attached hydrogens (tertiary/aromatic N) is 5. The first kappa shape index (κ1) is 22.3. The third-order valence-corrected chi connectivity index (χ3v) is 7.19. The summed E-state index contributed by atoms with van der Waals surface area (Å²) in [4.78, 5) is 19.9. The van der Waals surface area contributed by atoms with Crippen molar-refractivity contribution in [2.24, 2.45) is 0 Å². The Balaban J connectivity index is 1.32. The van der Waals surface area contributed by atoms with Crippen LogP contribution < -0.4 is 4.90 Å². The number of amides is 1. The summed E-state index contributed by atoms with van der Waals surface area (Å²) in [6.45, 7) is 0.454. The lowest BCUT2D eigenvalue weighted by molar-refractivity contribution is -0.115. The number of carbonyl (C=O) groups is 1. The van der Waals surface area contributed by atoms with Crippen LogP contribution in [-0.2, 0) is 24.2 Å². The zero-order valence-electron chi connectivity index (χ0n) is 19.4. The summed E-state index contributed by atoms with van der Waals surface area (Å²) in [5.74, 6) is 1.67. The Labute approximate surface area is 212 Å². The molecule has 0 radical (unpaired) electrons. The highest BCUT2D eigenvalue weighted by Crippen LogP contribution is 2.37. The molecule has 7 nitrogen and oxygen atoms in total. The summed E-state index contributed by atoms with van der Waals surface area (Å²) in [5, 5.41) is 9.51. The number of pyridine rings is 1. The number of carbonyl (C=O) groups excluding carboxylic acids is 1. The number of fused-ring (bicyclic) bond motifs is 2. The molecule has 0 saturated carbocycles. The molecular formula is C28H23N5O2S. The molecule has 36 heavy (non-hydrogen) atoms. The molecule has 5 aromatic rings. The predicted molar refractivity (Wildman–Crippen MR) is 139 cm³/mol. The van der Waals surface area contributed by atoms with Crippen molar-refractivity contribution in [2.45, 2.75) is 24.5 Å². The number of aromatic nitrogens is 4. The SMILES string of the molecule is O=C(CSc1nnc(-c2cccnc2)n1Cc1ccco1)N1c2ccccc2CCc2ccccc21. The molecule has 3 aromatic heterocycles. The van der Waals surface area contributed by atoms with Crippen molar-refractivity contribution in [3.8, 4) is 11.4 Å². The minimum atomic E-state index is -0.00252. The second-order valence-corrected chi connectivity index (χ2v) is 9.43. The molecule has 2 aromatic carbocycles. The van der Waals surface area contributed by atoms with Gasteiger partial charge in [-0.25, -0.2) is 0 Å². The minimum Gasteiger partial charge on any atom is -0.467 e. The number of furan rings is 1. The monoisotopic (exact) mass is 493 g/mol. The van der Waals surface area contributed by atoms with E-state index in [1.54, 1.807) is 18.7 Å². The van der Waals surface area contributed by atoms with E-state index < -0.39 is 0 Å². The van der Waals surface area contributed by atoms with Crippen LogP contribution in [0.4, 0.5) is 11.4 Å². The lowest BCUT2D eigenvalue weighted by Crippen LogP contribution is -2.28. The number of thioether (sulfide) groups is 1. The molecule has 1 aliphatic rings. The lowest BCUT2D eigenvalue weighted by atomic mass is 10.0. The molecular weight excluding hydrogens is 470 g/mol. The van der Waals surface area contributed by atoms with E-state index in [0.717, 1.165) is 35.5 Å². The van der Waals surface area contributed by atoms with Gasteiger partial charge in [0.05, 0.1) is 29.9 Å². The Hall–Kier alpha value is -4.17. The average Bonchev–Trinajstić information content (AvgIpc) is 3.55. The van der Waals surface area contributed by atoms with E-state index in [-0.39, 0.29) is 11.7 Å². The van der Waals surface area contributed by atoms with Crippen molar-refractivity contribution >= 4 is 29.0 Å². The van der Waals surface area contributed by atoms with Crippen LogP contribution in [0.5, 0.6) is 0 Å². The fourth-order valence-electron chi connectivity index (χ4n) is 4.54. The fraction of sp³-hybridized carbons (Fsp3) is 0.143. The standard InChI is InChI=1S/C28H23N5O2S/c34-26(33-24-11-3-1-7-20(24)13-14-21-8-2-4-12-25(21)33)19-36-28-31-30-27(22-9-5-15-29-17-22)32(28)18-23-10-6-16-35-23/h1-12,15-17H,13-14,18-19H2. The van der Waals surface area contributed by atoms with Crippen LogP contribution in [0.15, 0.2) is 101 Å². The fourth-order valence-corrected chi connectivity index (χ4v) is 5.33. The molecule has 6 rings (SSSR count). The van der Waals surface area contributed by atoms with E-state index in [4.69, 9.17) is 4.42 Å². The molecule has 1 amide bonds. The number of anilines is 2. The van der Waals surface area contributed by atoms with Gasteiger partial charge in [0.1, 0.15) is 5.76 Å². The maximum atomic E-state index is 13.8. The van der Waals surface area contributed by atoms with E-state index in [9.17, 15) is 4.79 Å². The predicted octanol–water partition coefficient (Wildman–Crippen LogP) is 5.54. The van der Waals surface area contributed by atoms with Crippen molar-refractivity contribution in [3.05, 3.63) is 108 Å². The second-order valence-electron chi connectivity index (χ2n) is 8.49. The van der Waals surface area contributed by atoms with Gasteiger partial charge in [0, 0.05) is 18.0 Å². The Bertz CT molecular complexity index is 1450. The zero-order valence-corrected chi connectivity index (χ0v) is 20.3. The molecule has 0 bridgehead atoms. The van der Waals surface area contributed by atoms with Crippen LogP contribution in [0.1, 0.15) is 16.9 Å². The van der Waals surface area contributed by atoms with Crippen molar-refractivity contribution in [1.29, 1.82) is 0 Å². The van der Waals surface area contributed by atoms with Gasteiger partial charge >= 0.3 is 0 Å². The van der Waals surface area contributed by atoms with Crippen molar-refractivity contribution < 1.29 is 9.21 Å². The van der Waals surface area contributed by atoms with E-state index in [1.165, 1.54) is 22.9 Å². The van der Waals surface area contributed by atoms with Gasteiger partial charge in [0.15, 0.2) is 11.0 Å². The van der Waals surface area contributed by atoms with Gasteiger partial charge in [-0.3, -0.25) is 19.2 Å². The van der Waals surface area contributed by atoms with Crippen molar-refractivity contribution in [1.82, 2.24) is 19.7 Å². The van der Waals surface area contributed by atoms with Gasteiger partial charge in [-0.2, -0.15) is 0 Å². The lowest BCUT2D eigenvalue weighted by Gasteiger charge is -2.25. The summed E-state index contributed by atoms with van der Waals surface area (Å²) in [7, 11) is 0. The van der Waals surface area contributed by atoms with Crippen LogP contribution >= 0.6 is 11.8 Å². The van der Waals surface area contributed by atoms with Gasteiger partial charge < -0.3 is 4.42 Å². The number of para-hydroxylation sites is 2. The van der Waals surface area contributed by atoms with Crippen molar-refractivity contribution in [3.63, 3.8) is 0 Å². The third kappa shape index (κ3) is 4.31. The molecule has 178 valence electrons. The maximum Gasteiger partial charge on any atom is 0.242 e. The van der Waals surface area contributed by atoms with Crippen LogP contribution in [0.3, 0.4) is 0 Å². The molecule has 0 unspecified atom stereocenters. The Morgan fingerprint density at radius 2 is 1.64 bits per heavy atom. The molecule has 8 heteroatoms. The first-order valence-electron chi connectivity index (χ1n) is 11.8. The summed E-state index contributed by atoms with van der Waals surface area (Å²) in [6, 6.07) is 23.9. The smallest absolute Gasteiger partial charge is 0.242 e. The largest absolute Gasteiger partial charge is 0.467 e. The molecule has 0 spiro atoms. The van der Waals surface area contributed by atoms with E-state index >= 15 is 0 Å². The average molecular weight is 494 g/mol. The van der Waals surface area contributed by atoms with Gasteiger partial charge in [-0.1, -0.05) is 48.2 Å². The molecule has 0 N–H and O–H groups in total. The Morgan fingerprint density at radius 1 is 0.889 bits per heavy atom. The molecule has 4 heterocycles. The quantitative estimate of drug-likeness (QED) is 0.289. The van der Waals surface area contributed by atoms with E-state index in [0.29, 0.717) is 17.5 Å². The molecule has 0 fully saturated rings. The van der Waals surface area contributed by atoms with E-state index in [1.807, 2.05) is 70.1 Å². The first-order valence-corrected chi connectivity index (χ1v) is 12.7. The molecule has 0 atom stereocenters. The number of hydrogen-bond donors (Lipinski definition) is 0. The number of benzene rings is 2. The number of hydrogen-bond acceptors (Lipinski definition) is 6. The maximum absolute atomic E-state index is 13.8. The number of rotatable bonds is 6. The third-order valence-electron chi connectivity index (χ3n) is 6.23. The van der Waals surface area contributed by atoms with Crippen LogP contribution in [0.25, 0.3) is 11.4 Å². The second kappa shape index (κ2) is 9.83. The van der Waals surface area contributed by atoms with E-state index in [2.05, 4.69) is 27.3 Å². The van der Waals surface area contributed by atoms with Gasteiger partial charge in [-0.05, 0) is 60.4 Å².